The molecule has 1 heterocycles. The van der Waals surface area contributed by atoms with E-state index in [1.807, 2.05) is 0 Å². The van der Waals surface area contributed by atoms with Gasteiger partial charge >= 0.3 is 0 Å². The predicted octanol–water partition coefficient (Wildman–Crippen LogP) is 14.4. The van der Waals surface area contributed by atoms with Crippen LogP contribution < -0.4 is 4.90 Å². The molecule has 1 aromatic heterocycles. The number of fused-ring (bicyclic) bond motifs is 4. The van der Waals surface area contributed by atoms with E-state index in [2.05, 4.69) is 228 Å². The van der Waals surface area contributed by atoms with Crippen molar-refractivity contribution in [2.24, 2.45) is 0 Å². The standard InChI is InChI=1S/C52H36N2/c1-4-15-37(16-5-1)38-27-30-43(31-28-38)53(44-32-33-48-47-24-12-13-26-50(47)54(52(48)36-44)42-21-8-3-9-22-42)51-34-29-41(35-49(51)40-17-6-2-7-18-40)46-25-14-20-39-19-10-11-23-45(39)46/h1-36H. The van der Waals surface area contributed by atoms with Gasteiger partial charge in [-0.25, -0.2) is 0 Å². The summed E-state index contributed by atoms with van der Waals surface area (Å²) in [5.74, 6) is 0. The van der Waals surface area contributed by atoms with Crippen molar-refractivity contribution in [2.75, 3.05) is 4.90 Å². The maximum Gasteiger partial charge on any atom is 0.0561 e. The third-order valence-corrected chi connectivity index (χ3v) is 10.6. The fraction of sp³-hybridized carbons (Fsp3) is 0. The third kappa shape index (κ3) is 5.53. The first-order chi connectivity index (χ1) is 26.8. The molecular formula is C52H36N2. The van der Waals surface area contributed by atoms with Gasteiger partial charge in [0, 0.05) is 33.4 Å². The van der Waals surface area contributed by atoms with Crippen molar-refractivity contribution in [2.45, 2.75) is 0 Å². The highest BCUT2D eigenvalue weighted by Crippen LogP contribution is 2.45. The maximum atomic E-state index is 2.43. The summed E-state index contributed by atoms with van der Waals surface area (Å²) in [6.07, 6.45) is 0. The van der Waals surface area contributed by atoms with Gasteiger partial charge in [-0.1, -0.05) is 164 Å². The molecule has 254 valence electrons. The lowest BCUT2D eigenvalue weighted by Crippen LogP contribution is -2.11. The van der Waals surface area contributed by atoms with Crippen molar-refractivity contribution < 1.29 is 0 Å². The molecule has 10 rings (SSSR count). The smallest absolute Gasteiger partial charge is 0.0561 e. The lowest BCUT2D eigenvalue weighted by molar-refractivity contribution is 1.18. The van der Waals surface area contributed by atoms with Crippen LogP contribution >= 0.6 is 0 Å². The van der Waals surface area contributed by atoms with Crippen molar-refractivity contribution in [1.82, 2.24) is 4.57 Å². The highest BCUT2D eigenvalue weighted by atomic mass is 15.1. The van der Waals surface area contributed by atoms with Gasteiger partial charge in [-0.3, -0.25) is 0 Å². The van der Waals surface area contributed by atoms with E-state index in [9.17, 15) is 0 Å². The van der Waals surface area contributed by atoms with Crippen LogP contribution in [0.4, 0.5) is 17.1 Å². The van der Waals surface area contributed by atoms with Crippen molar-refractivity contribution >= 4 is 49.6 Å². The second kappa shape index (κ2) is 13.4. The molecular weight excluding hydrogens is 653 g/mol. The molecule has 0 amide bonds. The van der Waals surface area contributed by atoms with Gasteiger partial charge in [0.15, 0.2) is 0 Å². The zero-order valence-corrected chi connectivity index (χ0v) is 29.7. The fourth-order valence-electron chi connectivity index (χ4n) is 8.04. The lowest BCUT2D eigenvalue weighted by atomic mass is 9.93. The minimum absolute atomic E-state index is 1.09. The van der Waals surface area contributed by atoms with Crippen molar-refractivity contribution in [3.8, 4) is 39.1 Å². The number of nitrogens with zero attached hydrogens (tertiary/aromatic N) is 2. The lowest BCUT2D eigenvalue weighted by Gasteiger charge is -2.29. The van der Waals surface area contributed by atoms with Gasteiger partial charge in [0.2, 0.25) is 0 Å². The first-order valence-electron chi connectivity index (χ1n) is 18.5. The van der Waals surface area contributed by atoms with Crippen LogP contribution in [0, 0.1) is 0 Å². The minimum Gasteiger partial charge on any atom is -0.310 e. The molecule has 0 aliphatic heterocycles. The van der Waals surface area contributed by atoms with Crippen LogP contribution in [-0.2, 0) is 0 Å². The van der Waals surface area contributed by atoms with Crippen LogP contribution in [0.2, 0.25) is 0 Å². The van der Waals surface area contributed by atoms with Gasteiger partial charge in [0.25, 0.3) is 0 Å². The Hall–Kier alpha value is -7.16. The Balaban J connectivity index is 1.23. The average molecular weight is 689 g/mol. The average Bonchev–Trinajstić information content (AvgIpc) is 3.58. The number of aromatic nitrogens is 1. The van der Waals surface area contributed by atoms with Gasteiger partial charge in [-0.15, -0.1) is 0 Å². The SMILES string of the molecule is c1ccc(-c2ccc(N(c3ccc4c5ccccc5n(-c5ccccc5)c4c3)c3ccc(-c4cccc5ccccc45)cc3-c3ccccc3)cc2)cc1. The Morgan fingerprint density at radius 3 is 1.67 bits per heavy atom. The largest absolute Gasteiger partial charge is 0.310 e. The first kappa shape index (κ1) is 31.6. The van der Waals surface area contributed by atoms with Gasteiger partial charge in [0.1, 0.15) is 0 Å². The summed E-state index contributed by atoms with van der Waals surface area (Å²) in [7, 11) is 0. The summed E-state index contributed by atoms with van der Waals surface area (Å²) in [5, 5.41) is 4.96. The molecule has 9 aromatic carbocycles. The molecule has 0 radical (unpaired) electrons. The zero-order valence-electron chi connectivity index (χ0n) is 29.7. The van der Waals surface area contributed by atoms with E-state index in [0.29, 0.717) is 0 Å². The topological polar surface area (TPSA) is 8.17 Å². The van der Waals surface area contributed by atoms with E-state index in [0.717, 1.165) is 28.3 Å². The monoisotopic (exact) mass is 688 g/mol. The molecule has 2 heteroatoms. The molecule has 54 heavy (non-hydrogen) atoms. The second-order valence-electron chi connectivity index (χ2n) is 13.8. The Labute approximate surface area is 315 Å². The normalized spacial score (nSPS) is 11.3. The molecule has 0 aliphatic rings. The molecule has 0 fully saturated rings. The fourth-order valence-corrected chi connectivity index (χ4v) is 8.04. The van der Waals surface area contributed by atoms with Crippen LogP contribution in [0.1, 0.15) is 0 Å². The zero-order chi connectivity index (χ0) is 35.8. The number of benzene rings is 9. The van der Waals surface area contributed by atoms with E-state index in [1.165, 1.54) is 60.4 Å². The molecule has 10 aromatic rings. The summed E-state index contributed by atoms with van der Waals surface area (Å²) < 4.78 is 2.40. The van der Waals surface area contributed by atoms with Crippen molar-refractivity contribution in [3.05, 3.63) is 218 Å². The Bertz CT molecular complexity index is 2900. The summed E-state index contributed by atoms with van der Waals surface area (Å²) in [6, 6.07) is 79.0. The summed E-state index contributed by atoms with van der Waals surface area (Å²) in [4.78, 5) is 2.43. The van der Waals surface area contributed by atoms with Gasteiger partial charge < -0.3 is 9.47 Å². The molecule has 0 bridgehead atoms. The van der Waals surface area contributed by atoms with Gasteiger partial charge in [-0.05, 0) is 93.2 Å². The van der Waals surface area contributed by atoms with E-state index in [1.54, 1.807) is 0 Å². The molecule has 0 aliphatic carbocycles. The number of hydrogen-bond donors (Lipinski definition) is 0. The molecule has 0 saturated carbocycles. The molecule has 0 unspecified atom stereocenters. The summed E-state index contributed by atoms with van der Waals surface area (Å²) in [5.41, 5.74) is 13.9. The van der Waals surface area contributed by atoms with Crippen LogP contribution in [0.3, 0.4) is 0 Å². The van der Waals surface area contributed by atoms with Gasteiger partial charge in [-0.2, -0.15) is 0 Å². The van der Waals surface area contributed by atoms with Crippen LogP contribution in [-0.4, -0.2) is 4.57 Å². The summed E-state index contributed by atoms with van der Waals surface area (Å²) in [6.45, 7) is 0. The van der Waals surface area contributed by atoms with Crippen molar-refractivity contribution in [3.63, 3.8) is 0 Å². The quantitative estimate of drug-likeness (QED) is 0.162. The molecule has 0 spiro atoms. The number of anilines is 3. The highest BCUT2D eigenvalue weighted by molar-refractivity contribution is 6.10. The Morgan fingerprint density at radius 2 is 0.889 bits per heavy atom. The predicted molar refractivity (Wildman–Crippen MR) is 229 cm³/mol. The Morgan fingerprint density at radius 1 is 0.315 bits per heavy atom. The third-order valence-electron chi connectivity index (χ3n) is 10.6. The number of rotatable bonds is 7. The highest BCUT2D eigenvalue weighted by Gasteiger charge is 2.21. The number of para-hydroxylation sites is 2. The van der Waals surface area contributed by atoms with Crippen LogP contribution in [0.25, 0.3) is 71.6 Å². The van der Waals surface area contributed by atoms with E-state index < -0.39 is 0 Å². The summed E-state index contributed by atoms with van der Waals surface area (Å²) >= 11 is 0. The molecule has 0 saturated heterocycles. The second-order valence-corrected chi connectivity index (χ2v) is 13.8. The molecule has 2 nitrogen and oxygen atoms in total. The van der Waals surface area contributed by atoms with Gasteiger partial charge in [0.05, 0.1) is 16.7 Å². The Kier molecular flexibility index (Phi) is 7.85. The first-order valence-corrected chi connectivity index (χ1v) is 18.5. The number of hydrogen-bond acceptors (Lipinski definition) is 1. The minimum atomic E-state index is 1.09. The van der Waals surface area contributed by atoms with E-state index in [-0.39, 0.29) is 0 Å². The van der Waals surface area contributed by atoms with Crippen LogP contribution in [0.15, 0.2) is 218 Å². The molecule has 0 N–H and O–H groups in total. The van der Waals surface area contributed by atoms with Crippen molar-refractivity contribution in [1.29, 1.82) is 0 Å². The molecule has 0 atom stereocenters. The van der Waals surface area contributed by atoms with E-state index >= 15 is 0 Å². The van der Waals surface area contributed by atoms with E-state index in [4.69, 9.17) is 0 Å². The maximum absolute atomic E-state index is 2.43. The van der Waals surface area contributed by atoms with Crippen LogP contribution in [0.5, 0.6) is 0 Å².